The van der Waals surface area contributed by atoms with Crippen LogP contribution in [0.1, 0.15) is 59.2 Å². The Morgan fingerprint density at radius 1 is 0.700 bits per heavy atom. The molecule has 198 valence electrons. The van der Waals surface area contributed by atoms with E-state index in [-0.39, 0.29) is 17.1 Å². The van der Waals surface area contributed by atoms with Crippen molar-refractivity contribution in [2.45, 2.75) is 43.1 Å². The van der Waals surface area contributed by atoms with Crippen molar-refractivity contribution >= 4 is 22.6 Å². The van der Waals surface area contributed by atoms with Crippen molar-refractivity contribution in [1.29, 1.82) is 0 Å². The van der Waals surface area contributed by atoms with Gasteiger partial charge in [-0.25, -0.2) is 0 Å². The fourth-order valence-corrected chi connectivity index (χ4v) is 8.07. The first kappa shape index (κ1) is 24.8. The maximum absolute atomic E-state index is 15.0. The Morgan fingerprint density at radius 3 is 1.95 bits per heavy atom. The lowest BCUT2D eigenvalue weighted by molar-refractivity contribution is 0.0841. The summed E-state index contributed by atoms with van der Waals surface area (Å²) in [7, 11) is 2.24. The molecule has 4 aromatic rings. The maximum atomic E-state index is 15.0. The molecule has 3 aliphatic rings. The van der Waals surface area contributed by atoms with Crippen LogP contribution < -0.4 is 4.90 Å². The number of Topliss-reactive ketones (excluding diaryl/α,β-unsaturated/α-hetero) is 1. The summed E-state index contributed by atoms with van der Waals surface area (Å²) in [5.74, 6) is -0.163. The van der Waals surface area contributed by atoms with Gasteiger partial charge in [0, 0.05) is 23.7 Å². The van der Waals surface area contributed by atoms with Crippen molar-refractivity contribution in [3.05, 3.63) is 150 Å². The predicted octanol–water partition coefficient (Wildman–Crippen LogP) is 8.76. The molecular formula is C38H35NO. The van der Waals surface area contributed by atoms with Crippen molar-refractivity contribution in [2.75, 3.05) is 11.9 Å². The molecule has 2 atom stereocenters. The number of carbonyl (C=O) groups excluding carboxylic acids is 1. The summed E-state index contributed by atoms with van der Waals surface area (Å²) in [5, 5.41) is 0. The van der Waals surface area contributed by atoms with Crippen LogP contribution in [-0.4, -0.2) is 18.4 Å². The van der Waals surface area contributed by atoms with Crippen LogP contribution in [-0.2, 0) is 5.41 Å². The van der Waals surface area contributed by atoms with Crippen LogP contribution in [0.4, 0.5) is 5.69 Å². The minimum atomic E-state index is -0.546. The van der Waals surface area contributed by atoms with Gasteiger partial charge in [0.05, 0.1) is 11.5 Å². The molecule has 2 nitrogen and oxygen atoms in total. The van der Waals surface area contributed by atoms with Crippen molar-refractivity contribution in [1.82, 2.24) is 0 Å². The topological polar surface area (TPSA) is 20.3 Å². The van der Waals surface area contributed by atoms with Gasteiger partial charge in [0.25, 0.3) is 0 Å². The molecule has 40 heavy (non-hydrogen) atoms. The number of ketones is 1. The molecule has 0 saturated heterocycles. The van der Waals surface area contributed by atoms with Gasteiger partial charge in [0.1, 0.15) is 0 Å². The summed E-state index contributed by atoms with van der Waals surface area (Å²) < 4.78 is 0. The van der Waals surface area contributed by atoms with E-state index in [4.69, 9.17) is 0 Å². The number of carbonyl (C=O) groups is 1. The molecule has 0 unspecified atom stereocenters. The molecule has 1 heterocycles. The summed E-state index contributed by atoms with van der Waals surface area (Å²) in [6.45, 7) is 0. The van der Waals surface area contributed by atoms with Crippen molar-refractivity contribution in [3.63, 3.8) is 0 Å². The number of benzene rings is 4. The minimum Gasteiger partial charge on any atom is -0.363 e. The smallest absolute Gasteiger partial charge is 0.173 e. The van der Waals surface area contributed by atoms with Crippen molar-refractivity contribution in [2.24, 2.45) is 5.92 Å². The number of likely N-dealkylation sites (N-methyl/N-ethyl adjacent to an activating group) is 1. The van der Waals surface area contributed by atoms with Gasteiger partial charge in [-0.2, -0.15) is 0 Å². The molecule has 1 saturated carbocycles. The second-order valence-corrected chi connectivity index (χ2v) is 11.6. The molecule has 2 aliphatic carbocycles. The van der Waals surface area contributed by atoms with Crippen LogP contribution in [0, 0.1) is 5.92 Å². The standard InChI is InChI=1S/C38H35NO/c1-39-34-23-13-12-22-33(34)37(24-14-5-15-25-37)38(39)27-31(28-16-6-2-7-17-28)26-32(29-18-8-3-9-19-29)35(38)36(40)30-20-10-4-11-21-30/h2-4,6-13,16-23,26-27,35H,5,14-15,24-25H2,1H3/t35-,38-/m0/s1. The van der Waals surface area contributed by atoms with Gasteiger partial charge in [-0.15, -0.1) is 0 Å². The molecular weight excluding hydrogens is 486 g/mol. The number of hydrogen-bond acceptors (Lipinski definition) is 2. The summed E-state index contributed by atoms with van der Waals surface area (Å²) in [5.41, 5.74) is 7.34. The van der Waals surface area contributed by atoms with E-state index in [9.17, 15) is 0 Å². The first-order valence-corrected chi connectivity index (χ1v) is 14.6. The Labute approximate surface area is 237 Å². The number of nitrogens with zero attached hydrogens (tertiary/aromatic N) is 1. The van der Waals surface area contributed by atoms with E-state index in [0.29, 0.717) is 0 Å². The number of para-hydroxylation sites is 1. The molecule has 7 rings (SSSR count). The quantitative estimate of drug-likeness (QED) is 0.250. The highest BCUT2D eigenvalue weighted by Crippen LogP contribution is 2.64. The van der Waals surface area contributed by atoms with Gasteiger partial charge in [0.15, 0.2) is 5.78 Å². The zero-order valence-electron chi connectivity index (χ0n) is 23.1. The summed E-state index contributed by atoms with van der Waals surface area (Å²) in [6.07, 6.45) is 10.5. The average molecular weight is 522 g/mol. The molecule has 2 spiro atoms. The van der Waals surface area contributed by atoms with E-state index < -0.39 is 5.54 Å². The highest BCUT2D eigenvalue weighted by atomic mass is 16.1. The van der Waals surface area contributed by atoms with Crippen molar-refractivity contribution < 1.29 is 4.79 Å². The average Bonchev–Trinajstić information content (AvgIpc) is 3.22. The number of allylic oxidation sites excluding steroid dienone is 2. The second kappa shape index (κ2) is 9.78. The van der Waals surface area contributed by atoms with Gasteiger partial charge >= 0.3 is 0 Å². The van der Waals surface area contributed by atoms with Gasteiger partial charge in [0.2, 0.25) is 0 Å². The normalized spacial score (nSPS) is 23.0. The number of anilines is 1. The molecule has 2 heteroatoms. The number of hydrogen-bond donors (Lipinski definition) is 0. The first-order chi connectivity index (χ1) is 19.7. The minimum absolute atomic E-state index is 0.167. The zero-order valence-corrected chi connectivity index (χ0v) is 23.1. The molecule has 0 bridgehead atoms. The predicted molar refractivity (Wildman–Crippen MR) is 165 cm³/mol. The molecule has 0 radical (unpaired) electrons. The summed E-state index contributed by atoms with van der Waals surface area (Å²) in [4.78, 5) is 17.5. The van der Waals surface area contributed by atoms with Crippen LogP contribution in [0.15, 0.2) is 127 Å². The van der Waals surface area contributed by atoms with E-state index in [1.807, 2.05) is 30.3 Å². The lowest BCUT2D eigenvalue weighted by Gasteiger charge is -2.56. The van der Waals surface area contributed by atoms with Crippen LogP contribution in [0.2, 0.25) is 0 Å². The van der Waals surface area contributed by atoms with Gasteiger partial charge in [-0.3, -0.25) is 4.79 Å². The SMILES string of the molecule is CN1c2ccccc2C2(CCCCC2)[C@@]12C=C(c1ccccc1)C=C(c1ccccc1)[C@H]2C(=O)c1ccccc1. The van der Waals surface area contributed by atoms with Crippen LogP contribution in [0.5, 0.6) is 0 Å². The summed E-state index contributed by atoms with van der Waals surface area (Å²) >= 11 is 0. The molecule has 0 aromatic heterocycles. The lowest BCUT2D eigenvalue weighted by Crippen LogP contribution is -2.63. The monoisotopic (exact) mass is 521 g/mol. The highest BCUT2D eigenvalue weighted by Gasteiger charge is 2.65. The molecule has 1 fully saturated rings. The molecule has 0 N–H and O–H groups in total. The molecule has 4 aromatic carbocycles. The van der Waals surface area contributed by atoms with E-state index in [1.165, 1.54) is 41.6 Å². The number of rotatable bonds is 4. The van der Waals surface area contributed by atoms with Crippen LogP contribution in [0.3, 0.4) is 0 Å². The lowest BCUT2D eigenvalue weighted by atomic mass is 9.51. The highest BCUT2D eigenvalue weighted by molar-refractivity contribution is 6.10. The first-order valence-electron chi connectivity index (χ1n) is 14.6. The third-order valence-electron chi connectivity index (χ3n) is 9.78. The Bertz CT molecular complexity index is 1600. The fourth-order valence-electron chi connectivity index (χ4n) is 8.07. The van der Waals surface area contributed by atoms with Crippen molar-refractivity contribution in [3.8, 4) is 0 Å². The Balaban J connectivity index is 1.58. The van der Waals surface area contributed by atoms with E-state index >= 15 is 4.79 Å². The van der Waals surface area contributed by atoms with Crippen LogP contribution in [0.25, 0.3) is 11.1 Å². The van der Waals surface area contributed by atoms with E-state index in [0.717, 1.165) is 29.5 Å². The van der Waals surface area contributed by atoms with Crippen LogP contribution >= 0.6 is 0 Å². The van der Waals surface area contributed by atoms with Gasteiger partial charge in [-0.1, -0.05) is 128 Å². The summed E-state index contributed by atoms with van der Waals surface area (Å²) in [6, 6.07) is 40.2. The Kier molecular flexibility index (Phi) is 6.08. The van der Waals surface area contributed by atoms with Gasteiger partial charge in [-0.05, 0) is 58.9 Å². The Morgan fingerprint density at radius 2 is 1.27 bits per heavy atom. The van der Waals surface area contributed by atoms with Gasteiger partial charge < -0.3 is 4.90 Å². The molecule has 1 aliphatic heterocycles. The largest absolute Gasteiger partial charge is 0.363 e. The maximum Gasteiger partial charge on any atom is 0.173 e. The third kappa shape index (κ3) is 3.59. The zero-order chi connectivity index (χ0) is 27.2. The fraction of sp³-hybridized carbons (Fsp3) is 0.237. The van der Waals surface area contributed by atoms with E-state index in [1.54, 1.807) is 0 Å². The van der Waals surface area contributed by atoms with E-state index in [2.05, 4.69) is 109 Å². The second-order valence-electron chi connectivity index (χ2n) is 11.6. The Hall–Kier alpha value is -4.17. The molecule has 0 amide bonds. The third-order valence-corrected chi connectivity index (χ3v) is 9.78. The number of fused-ring (bicyclic) bond motifs is 3.